The number of unbranched alkanes of at least 4 members (excludes halogenated alkanes) is 1. The predicted octanol–water partition coefficient (Wildman–Crippen LogP) is 3.85. The second-order valence-corrected chi connectivity index (χ2v) is 6.80. The van der Waals surface area contributed by atoms with Gasteiger partial charge in [-0.25, -0.2) is 4.39 Å². The molecule has 1 N–H and O–H groups in total. The summed E-state index contributed by atoms with van der Waals surface area (Å²) in [6.07, 6.45) is 2.32. The maximum Gasteiger partial charge on any atom is 0.227 e. The van der Waals surface area contributed by atoms with Crippen LogP contribution in [-0.2, 0) is 11.2 Å². The van der Waals surface area contributed by atoms with Crippen molar-refractivity contribution in [3.63, 3.8) is 0 Å². The van der Waals surface area contributed by atoms with Crippen LogP contribution >= 0.6 is 11.3 Å². The third-order valence-corrected chi connectivity index (χ3v) is 4.62. The molecule has 1 amide bonds. The number of carbonyl (C=O) groups is 1. The number of nitrogens with zero attached hydrogens (tertiary/aromatic N) is 2. The first-order valence-electron chi connectivity index (χ1n) is 8.72. The number of benzene rings is 1. The Hall–Kier alpha value is -2.74. The van der Waals surface area contributed by atoms with Gasteiger partial charge in [0.05, 0.1) is 11.5 Å². The van der Waals surface area contributed by atoms with Crippen molar-refractivity contribution >= 4 is 17.2 Å². The highest BCUT2D eigenvalue weighted by Crippen LogP contribution is 2.21. The van der Waals surface area contributed by atoms with Crippen LogP contribution in [-0.4, -0.2) is 29.2 Å². The van der Waals surface area contributed by atoms with Gasteiger partial charge in [0.25, 0.3) is 0 Å². The minimum atomic E-state index is -0.284. The second kappa shape index (κ2) is 9.82. The summed E-state index contributed by atoms with van der Waals surface area (Å²) < 4.78 is 23.5. The van der Waals surface area contributed by atoms with Gasteiger partial charge in [-0.05, 0) is 48.6 Å². The Bertz CT molecular complexity index is 834. The molecule has 0 spiro atoms. The van der Waals surface area contributed by atoms with Crippen LogP contribution in [0, 0.1) is 5.82 Å². The lowest BCUT2D eigenvalue weighted by molar-refractivity contribution is -0.121. The van der Waals surface area contributed by atoms with Crippen LogP contribution in [0.15, 0.2) is 46.3 Å². The predicted molar refractivity (Wildman–Crippen MR) is 100 cm³/mol. The van der Waals surface area contributed by atoms with Gasteiger partial charge in [-0.2, -0.15) is 4.98 Å². The zero-order chi connectivity index (χ0) is 18.9. The van der Waals surface area contributed by atoms with E-state index in [1.807, 2.05) is 17.5 Å². The highest BCUT2D eigenvalue weighted by atomic mass is 32.1. The van der Waals surface area contributed by atoms with E-state index in [1.54, 1.807) is 12.1 Å². The molecule has 2 heterocycles. The summed E-state index contributed by atoms with van der Waals surface area (Å²) in [4.78, 5) is 17.1. The largest absolute Gasteiger partial charge is 0.494 e. The molecule has 0 bridgehead atoms. The van der Waals surface area contributed by atoms with Gasteiger partial charge in [0.15, 0.2) is 0 Å². The summed E-state index contributed by atoms with van der Waals surface area (Å²) in [6, 6.07) is 9.77. The van der Waals surface area contributed by atoms with E-state index in [0.717, 1.165) is 17.7 Å². The number of ether oxygens (including phenoxy) is 1. The molecule has 0 aliphatic heterocycles. The van der Waals surface area contributed by atoms with Gasteiger partial charge in [-0.3, -0.25) is 4.79 Å². The molecule has 8 heteroatoms. The average Bonchev–Trinajstić information content (AvgIpc) is 3.35. The van der Waals surface area contributed by atoms with Crippen molar-refractivity contribution in [3.05, 3.63) is 53.5 Å². The Kier molecular flexibility index (Phi) is 6.92. The molecular formula is C19H20FN3O3S. The summed E-state index contributed by atoms with van der Waals surface area (Å²) in [5, 5.41) is 8.73. The smallest absolute Gasteiger partial charge is 0.227 e. The van der Waals surface area contributed by atoms with E-state index < -0.39 is 0 Å². The normalized spacial score (nSPS) is 10.7. The Morgan fingerprint density at radius 1 is 1.22 bits per heavy atom. The van der Waals surface area contributed by atoms with Crippen molar-refractivity contribution in [2.75, 3.05) is 13.2 Å². The maximum absolute atomic E-state index is 12.8. The fraction of sp³-hybridized carbons (Fsp3) is 0.316. The fourth-order valence-electron chi connectivity index (χ4n) is 2.35. The van der Waals surface area contributed by atoms with Crippen molar-refractivity contribution in [2.45, 2.75) is 25.7 Å². The minimum absolute atomic E-state index is 0.0506. The van der Waals surface area contributed by atoms with Crippen LogP contribution in [0.3, 0.4) is 0 Å². The van der Waals surface area contributed by atoms with E-state index in [9.17, 15) is 9.18 Å². The monoisotopic (exact) mass is 389 g/mol. The van der Waals surface area contributed by atoms with Crippen LogP contribution in [0.1, 0.15) is 25.2 Å². The van der Waals surface area contributed by atoms with E-state index in [4.69, 9.17) is 9.26 Å². The standard InChI is InChI=1S/C19H20FN3O3S/c20-14-5-7-15(8-6-14)25-12-2-1-11-21-17(24)9-10-18-22-19(23-26-18)16-4-3-13-27-16/h3-8,13H,1-2,9-12H2,(H,21,24). The zero-order valence-electron chi connectivity index (χ0n) is 14.7. The molecule has 0 aliphatic rings. The van der Waals surface area contributed by atoms with Gasteiger partial charge < -0.3 is 14.6 Å². The molecule has 142 valence electrons. The molecule has 3 rings (SSSR count). The molecule has 3 aromatic rings. The molecule has 0 fully saturated rings. The fourth-order valence-corrected chi connectivity index (χ4v) is 3.00. The molecule has 0 atom stereocenters. The minimum Gasteiger partial charge on any atom is -0.494 e. The Morgan fingerprint density at radius 3 is 2.85 bits per heavy atom. The molecule has 0 unspecified atom stereocenters. The average molecular weight is 389 g/mol. The lowest BCUT2D eigenvalue weighted by Gasteiger charge is -2.07. The first-order valence-corrected chi connectivity index (χ1v) is 9.60. The number of amides is 1. The van der Waals surface area contributed by atoms with Gasteiger partial charge in [-0.15, -0.1) is 11.3 Å². The van der Waals surface area contributed by atoms with E-state index in [0.29, 0.717) is 43.5 Å². The molecule has 0 aliphatic carbocycles. The lowest BCUT2D eigenvalue weighted by Crippen LogP contribution is -2.25. The maximum atomic E-state index is 12.8. The van der Waals surface area contributed by atoms with Crippen molar-refractivity contribution in [2.24, 2.45) is 0 Å². The molecule has 0 radical (unpaired) electrons. The van der Waals surface area contributed by atoms with Crippen molar-refractivity contribution < 1.29 is 18.4 Å². The van der Waals surface area contributed by atoms with Gasteiger partial charge in [0.1, 0.15) is 11.6 Å². The number of aromatic nitrogens is 2. The topological polar surface area (TPSA) is 77.2 Å². The van der Waals surface area contributed by atoms with Crippen LogP contribution in [0.4, 0.5) is 4.39 Å². The first kappa shape index (κ1) is 19.0. The molecule has 27 heavy (non-hydrogen) atoms. The molecule has 0 saturated carbocycles. The van der Waals surface area contributed by atoms with Crippen LogP contribution in [0.25, 0.3) is 10.7 Å². The SMILES string of the molecule is O=C(CCc1nc(-c2cccs2)no1)NCCCCOc1ccc(F)cc1. The van der Waals surface area contributed by atoms with E-state index in [-0.39, 0.29) is 11.7 Å². The number of aryl methyl sites for hydroxylation is 1. The third kappa shape index (κ3) is 6.18. The number of thiophene rings is 1. The second-order valence-electron chi connectivity index (χ2n) is 5.85. The number of hydrogen-bond donors (Lipinski definition) is 1. The molecular weight excluding hydrogens is 369 g/mol. The molecule has 1 aromatic carbocycles. The zero-order valence-corrected chi connectivity index (χ0v) is 15.5. The van der Waals surface area contributed by atoms with E-state index >= 15 is 0 Å². The number of hydrogen-bond acceptors (Lipinski definition) is 6. The summed E-state index contributed by atoms with van der Waals surface area (Å²) >= 11 is 1.54. The number of rotatable bonds is 10. The first-order chi connectivity index (χ1) is 13.2. The van der Waals surface area contributed by atoms with E-state index in [1.165, 1.54) is 23.5 Å². The highest BCUT2D eigenvalue weighted by molar-refractivity contribution is 7.13. The molecule has 0 saturated heterocycles. The highest BCUT2D eigenvalue weighted by Gasteiger charge is 2.11. The Balaban J connectivity index is 1.26. The number of carbonyl (C=O) groups excluding carboxylic acids is 1. The van der Waals surface area contributed by atoms with E-state index in [2.05, 4.69) is 15.5 Å². The van der Waals surface area contributed by atoms with Crippen molar-refractivity contribution in [1.29, 1.82) is 0 Å². The van der Waals surface area contributed by atoms with Gasteiger partial charge in [0, 0.05) is 19.4 Å². The quantitative estimate of drug-likeness (QED) is 0.533. The van der Waals surface area contributed by atoms with Crippen molar-refractivity contribution in [1.82, 2.24) is 15.5 Å². The van der Waals surface area contributed by atoms with Crippen LogP contribution in [0.2, 0.25) is 0 Å². The van der Waals surface area contributed by atoms with Crippen molar-refractivity contribution in [3.8, 4) is 16.5 Å². The lowest BCUT2D eigenvalue weighted by atomic mass is 10.2. The molecule has 6 nitrogen and oxygen atoms in total. The van der Waals surface area contributed by atoms with Gasteiger partial charge in [0.2, 0.25) is 17.6 Å². The summed E-state index contributed by atoms with van der Waals surface area (Å²) in [5.41, 5.74) is 0. The van der Waals surface area contributed by atoms with Gasteiger partial charge in [-0.1, -0.05) is 11.2 Å². The van der Waals surface area contributed by atoms with Crippen LogP contribution in [0.5, 0.6) is 5.75 Å². The summed E-state index contributed by atoms with van der Waals surface area (Å²) in [7, 11) is 0. The number of halogens is 1. The summed E-state index contributed by atoms with van der Waals surface area (Å²) in [5.74, 6) is 1.32. The Labute approximate surface area is 160 Å². The third-order valence-electron chi connectivity index (χ3n) is 3.75. The molecule has 2 aromatic heterocycles. The van der Waals surface area contributed by atoms with Gasteiger partial charge >= 0.3 is 0 Å². The summed E-state index contributed by atoms with van der Waals surface area (Å²) in [6.45, 7) is 1.10. The van der Waals surface area contributed by atoms with Crippen LogP contribution < -0.4 is 10.1 Å². The Morgan fingerprint density at radius 2 is 2.07 bits per heavy atom. The number of nitrogens with one attached hydrogen (secondary N) is 1.